The Kier molecular flexibility index (Phi) is 6.24. The molecule has 6 heteroatoms. The maximum absolute atomic E-state index is 12.6. The zero-order valence-corrected chi connectivity index (χ0v) is 12.9. The van der Waals surface area contributed by atoms with E-state index in [-0.39, 0.29) is 36.1 Å². The van der Waals surface area contributed by atoms with E-state index in [4.69, 9.17) is 0 Å². The topological polar surface area (TPSA) is 54.0 Å². The molecule has 1 aliphatic heterocycles. The Bertz CT molecular complexity index is 443. The summed E-state index contributed by atoms with van der Waals surface area (Å²) in [4.78, 5) is 16.8. The highest BCUT2D eigenvalue weighted by Crippen LogP contribution is 2.44. The van der Waals surface area contributed by atoms with E-state index in [1.54, 1.807) is 6.20 Å². The number of rotatable bonds is 2. The summed E-state index contributed by atoms with van der Waals surface area (Å²) >= 11 is 0. The number of amides is 1. The van der Waals surface area contributed by atoms with Crippen molar-refractivity contribution in [3.05, 3.63) is 24.4 Å². The van der Waals surface area contributed by atoms with Gasteiger partial charge >= 0.3 is 0 Å². The average molecular weight is 318 g/mol. The van der Waals surface area contributed by atoms with Crippen LogP contribution < -0.4 is 10.6 Å². The molecule has 3 rings (SSSR count). The quantitative estimate of drug-likeness (QED) is 0.881. The standard InChI is InChI=1S/C14H19N3O.2ClH/c18-13(17-12-6-2-4-8-16-12)14-7-3-1-5-11(14)9-15-10-14;;/h2,4,6,8,11,15H,1,3,5,7,9-10H2,(H,16,17,18);2*1H/t11-,14+;;/m0../s1. The number of pyridine rings is 1. The number of carbonyl (C=O) groups is 1. The molecule has 2 fully saturated rings. The molecule has 1 aromatic rings. The maximum Gasteiger partial charge on any atom is 0.233 e. The lowest BCUT2D eigenvalue weighted by Crippen LogP contribution is -2.44. The van der Waals surface area contributed by atoms with Crippen LogP contribution in [0.2, 0.25) is 0 Å². The average Bonchev–Trinajstić information content (AvgIpc) is 2.85. The van der Waals surface area contributed by atoms with Gasteiger partial charge in [0.1, 0.15) is 5.82 Å². The Balaban J connectivity index is 0.000001000. The van der Waals surface area contributed by atoms with Crippen molar-refractivity contribution in [2.24, 2.45) is 11.3 Å². The van der Waals surface area contributed by atoms with E-state index >= 15 is 0 Å². The van der Waals surface area contributed by atoms with Gasteiger partial charge in [-0.1, -0.05) is 18.9 Å². The third-order valence-electron chi connectivity index (χ3n) is 4.40. The van der Waals surface area contributed by atoms with Gasteiger partial charge in [0.05, 0.1) is 5.41 Å². The Morgan fingerprint density at radius 1 is 1.35 bits per heavy atom. The normalized spacial score (nSPS) is 27.7. The Labute approximate surface area is 131 Å². The van der Waals surface area contributed by atoms with E-state index in [2.05, 4.69) is 15.6 Å². The summed E-state index contributed by atoms with van der Waals surface area (Å²) in [5, 5.41) is 6.37. The number of carbonyl (C=O) groups excluding carboxylic acids is 1. The van der Waals surface area contributed by atoms with Gasteiger partial charge in [-0.25, -0.2) is 4.98 Å². The van der Waals surface area contributed by atoms with Crippen LogP contribution in [0.15, 0.2) is 24.4 Å². The molecule has 1 saturated carbocycles. The molecule has 112 valence electrons. The summed E-state index contributed by atoms with van der Waals surface area (Å²) in [6.45, 7) is 1.80. The molecule has 1 saturated heterocycles. The minimum Gasteiger partial charge on any atom is -0.315 e. The van der Waals surface area contributed by atoms with Gasteiger partial charge < -0.3 is 10.6 Å². The molecule has 4 nitrogen and oxygen atoms in total. The van der Waals surface area contributed by atoms with Gasteiger partial charge in [0.25, 0.3) is 0 Å². The number of hydrogen-bond acceptors (Lipinski definition) is 3. The monoisotopic (exact) mass is 317 g/mol. The summed E-state index contributed by atoms with van der Waals surface area (Å²) < 4.78 is 0. The largest absolute Gasteiger partial charge is 0.315 e. The number of anilines is 1. The summed E-state index contributed by atoms with van der Waals surface area (Å²) in [5.41, 5.74) is -0.199. The van der Waals surface area contributed by atoms with Crippen LogP contribution in [-0.2, 0) is 4.79 Å². The molecule has 2 heterocycles. The molecular weight excluding hydrogens is 297 g/mol. The zero-order chi connectivity index (χ0) is 12.4. The predicted octanol–water partition coefficient (Wildman–Crippen LogP) is 2.64. The van der Waals surface area contributed by atoms with Gasteiger partial charge in [-0.05, 0) is 37.4 Å². The van der Waals surface area contributed by atoms with Crippen molar-refractivity contribution in [2.75, 3.05) is 18.4 Å². The number of hydrogen-bond donors (Lipinski definition) is 2. The Morgan fingerprint density at radius 3 is 2.95 bits per heavy atom. The van der Waals surface area contributed by atoms with E-state index in [1.165, 1.54) is 12.8 Å². The van der Waals surface area contributed by atoms with Gasteiger partial charge in [-0.3, -0.25) is 4.79 Å². The third kappa shape index (κ3) is 3.08. The first-order chi connectivity index (χ1) is 8.81. The first-order valence-electron chi connectivity index (χ1n) is 6.74. The predicted molar refractivity (Wildman–Crippen MR) is 84.6 cm³/mol. The second-order valence-electron chi connectivity index (χ2n) is 5.40. The van der Waals surface area contributed by atoms with Gasteiger partial charge in [-0.2, -0.15) is 0 Å². The molecule has 1 amide bonds. The van der Waals surface area contributed by atoms with Crippen molar-refractivity contribution >= 4 is 36.5 Å². The Hall–Kier alpha value is -0.840. The van der Waals surface area contributed by atoms with Crippen molar-refractivity contribution in [3.63, 3.8) is 0 Å². The lowest BCUT2D eigenvalue weighted by Gasteiger charge is -2.36. The molecular formula is C14H21Cl2N3O. The van der Waals surface area contributed by atoms with Gasteiger partial charge in [0.15, 0.2) is 0 Å². The lowest BCUT2D eigenvalue weighted by molar-refractivity contribution is -0.128. The molecule has 0 aromatic carbocycles. The van der Waals surface area contributed by atoms with E-state index < -0.39 is 0 Å². The fourth-order valence-electron chi connectivity index (χ4n) is 3.37. The van der Waals surface area contributed by atoms with Crippen molar-refractivity contribution in [3.8, 4) is 0 Å². The molecule has 0 unspecified atom stereocenters. The van der Waals surface area contributed by atoms with Crippen LogP contribution in [0.5, 0.6) is 0 Å². The fourth-order valence-corrected chi connectivity index (χ4v) is 3.37. The van der Waals surface area contributed by atoms with Crippen molar-refractivity contribution in [1.29, 1.82) is 0 Å². The minimum atomic E-state index is -0.199. The molecule has 1 aromatic heterocycles. The summed E-state index contributed by atoms with van der Waals surface area (Å²) in [6, 6.07) is 5.59. The highest BCUT2D eigenvalue weighted by atomic mass is 35.5. The number of halogens is 2. The molecule has 0 radical (unpaired) electrons. The van der Waals surface area contributed by atoms with Crippen molar-refractivity contribution < 1.29 is 4.79 Å². The smallest absolute Gasteiger partial charge is 0.233 e. The maximum atomic E-state index is 12.6. The molecule has 0 bridgehead atoms. The molecule has 2 N–H and O–H groups in total. The highest BCUT2D eigenvalue weighted by molar-refractivity contribution is 5.95. The number of aromatic nitrogens is 1. The SMILES string of the molecule is Cl.Cl.O=C(Nc1ccccn1)[C@@]12CCCC[C@H]1CNC2. The first-order valence-corrected chi connectivity index (χ1v) is 6.74. The van der Waals surface area contributed by atoms with Crippen molar-refractivity contribution in [1.82, 2.24) is 10.3 Å². The van der Waals surface area contributed by atoms with Crippen molar-refractivity contribution in [2.45, 2.75) is 25.7 Å². The molecule has 0 spiro atoms. The number of fused-ring (bicyclic) bond motifs is 1. The second kappa shape index (κ2) is 7.25. The van der Waals surface area contributed by atoms with Crippen LogP contribution >= 0.6 is 24.8 Å². The van der Waals surface area contributed by atoms with Gasteiger partial charge in [0, 0.05) is 12.7 Å². The molecule has 1 aliphatic carbocycles. The van der Waals surface area contributed by atoms with Crippen LogP contribution in [0.4, 0.5) is 5.82 Å². The van der Waals surface area contributed by atoms with Crippen LogP contribution in [0, 0.1) is 11.3 Å². The summed E-state index contributed by atoms with van der Waals surface area (Å²) in [7, 11) is 0. The van der Waals surface area contributed by atoms with E-state index in [0.717, 1.165) is 25.9 Å². The number of nitrogens with one attached hydrogen (secondary N) is 2. The first kappa shape index (κ1) is 17.2. The van der Waals surface area contributed by atoms with E-state index in [0.29, 0.717) is 11.7 Å². The second-order valence-corrected chi connectivity index (χ2v) is 5.40. The van der Waals surface area contributed by atoms with Crippen LogP contribution in [0.3, 0.4) is 0 Å². The summed E-state index contributed by atoms with van der Waals surface area (Å²) in [6.07, 6.45) is 6.29. The zero-order valence-electron chi connectivity index (χ0n) is 11.3. The summed E-state index contributed by atoms with van der Waals surface area (Å²) in [5.74, 6) is 1.30. The molecule has 2 atom stereocenters. The molecule has 20 heavy (non-hydrogen) atoms. The fraction of sp³-hybridized carbons (Fsp3) is 0.571. The number of nitrogens with zero attached hydrogens (tertiary/aromatic N) is 1. The minimum absolute atomic E-state index is 0. The van der Waals surface area contributed by atoms with Crippen LogP contribution in [-0.4, -0.2) is 24.0 Å². The molecule has 2 aliphatic rings. The highest BCUT2D eigenvalue weighted by Gasteiger charge is 2.49. The van der Waals surface area contributed by atoms with E-state index in [1.807, 2.05) is 18.2 Å². The Morgan fingerprint density at radius 2 is 2.20 bits per heavy atom. The van der Waals surface area contributed by atoms with Crippen LogP contribution in [0.25, 0.3) is 0 Å². The van der Waals surface area contributed by atoms with Crippen LogP contribution in [0.1, 0.15) is 25.7 Å². The lowest BCUT2D eigenvalue weighted by atomic mass is 9.67. The van der Waals surface area contributed by atoms with Gasteiger partial charge in [0.2, 0.25) is 5.91 Å². The van der Waals surface area contributed by atoms with E-state index in [9.17, 15) is 4.79 Å². The third-order valence-corrected chi connectivity index (χ3v) is 4.40. The van der Waals surface area contributed by atoms with Gasteiger partial charge in [-0.15, -0.1) is 24.8 Å².